The maximum Gasteiger partial charge on any atom is 0.316 e. The third-order valence-corrected chi connectivity index (χ3v) is 0. The zero-order valence-corrected chi connectivity index (χ0v) is 6.61. The number of rotatable bonds is 0. The van der Waals surface area contributed by atoms with Crippen LogP contribution in [0, 0.1) is 0 Å². The van der Waals surface area contributed by atoms with E-state index in [1.807, 2.05) is 0 Å². The van der Waals surface area contributed by atoms with Gasteiger partial charge in [0.15, 0.2) is 0 Å². The van der Waals surface area contributed by atoms with E-state index in [1.165, 1.54) is 0 Å². The van der Waals surface area contributed by atoms with Crippen molar-refractivity contribution in [1.82, 2.24) is 0 Å². The van der Waals surface area contributed by atoms with Crippen molar-refractivity contribution in [2.24, 2.45) is 0 Å². The number of hydrogen-bond donors (Lipinski definition) is 0. The van der Waals surface area contributed by atoms with Gasteiger partial charge in [-0.2, -0.15) is 9.90 Å². The van der Waals surface area contributed by atoms with Crippen molar-refractivity contribution in [2.45, 2.75) is 0 Å². The fourth-order valence-electron chi connectivity index (χ4n) is 0. The summed E-state index contributed by atoms with van der Waals surface area (Å²) in [7, 11) is 0. The second-order valence-electron chi connectivity index (χ2n) is 0. The molecular weight excluding hydrogens is 266 g/mol. The van der Waals surface area contributed by atoms with Crippen LogP contribution in [0.5, 0.6) is 0 Å². The summed E-state index contributed by atoms with van der Waals surface area (Å²) in [5.41, 5.74) is 0. The van der Waals surface area contributed by atoms with Crippen LogP contribution in [0.1, 0.15) is 0 Å². The summed E-state index contributed by atoms with van der Waals surface area (Å²) >= 11 is 0. The van der Waals surface area contributed by atoms with Gasteiger partial charge in [0.2, 0.25) is 0 Å². The first-order valence-corrected chi connectivity index (χ1v) is 0. The van der Waals surface area contributed by atoms with Crippen molar-refractivity contribution in [2.75, 3.05) is 0 Å². The van der Waals surface area contributed by atoms with Crippen LogP contribution < -0.4 is 0 Å². The fraction of sp³-hybridized carbons (Fsp3) is 0. The molecule has 0 N–H and O–H groups in total. The van der Waals surface area contributed by atoms with Crippen molar-refractivity contribution in [3.63, 3.8) is 0 Å². The molecule has 0 nitrogen and oxygen atoms in total. The molecule has 6 heavy (non-hydrogen) atoms. The van der Waals surface area contributed by atoms with E-state index in [-0.39, 0.29) is 122 Å². The second kappa shape index (κ2) is 35.9. The summed E-state index contributed by atoms with van der Waals surface area (Å²) in [6.45, 7) is 0. The van der Waals surface area contributed by atoms with Crippen LogP contribution >= 0.6 is 9.90 Å². The van der Waals surface area contributed by atoms with Crippen LogP contribution in [0.25, 0.3) is 0 Å². The topological polar surface area (TPSA) is 0 Å². The van der Waals surface area contributed by atoms with Gasteiger partial charge in [0.05, 0.1) is 0 Å². The molecule has 6 heteroatoms. The van der Waals surface area contributed by atoms with Crippen molar-refractivity contribution in [3.8, 4) is 0 Å². The monoisotopic (exact) mass is 272 g/mol. The molecule has 1 unspecified atom stereocenters. The van der Waals surface area contributed by atoms with Gasteiger partial charge in [-0.15, -0.1) is 0 Å². The van der Waals surface area contributed by atoms with E-state index in [0.29, 0.717) is 0 Å². The van der Waals surface area contributed by atoms with Gasteiger partial charge in [0.25, 0.3) is 0 Å². The Labute approximate surface area is 120 Å². The summed E-state index contributed by atoms with van der Waals surface area (Å²) in [4.78, 5) is 0. The van der Waals surface area contributed by atoms with Gasteiger partial charge in [-0.25, -0.2) is 0 Å². The molecule has 1 atom stereocenters. The van der Waals surface area contributed by atoms with Crippen molar-refractivity contribution >= 4 is 70.7 Å². The molecule has 40 valence electrons. The molecule has 0 saturated carbocycles. The molecule has 0 spiro atoms. The summed E-state index contributed by atoms with van der Waals surface area (Å²) in [5.74, 6) is 0. The van der Waals surface area contributed by atoms with Gasteiger partial charge in [-0.1, -0.05) is 0 Å². The molecule has 0 saturated heterocycles. The minimum atomic E-state index is 0. The molecule has 2 radical (unpaired) electrons. The Kier molecular flexibility index (Phi) is 301. The molecule has 0 amide bonds. The molecule has 0 rings (SSSR count). The Balaban J connectivity index is 0. The van der Waals surface area contributed by atoms with Crippen LogP contribution in [0.3, 0.4) is 0 Å². The first-order chi connectivity index (χ1) is 0. The Morgan fingerprint density at radius 3 is 1.00 bits per heavy atom. The van der Waals surface area contributed by atoms with Gasteiger partial charge < -0.3 is 0 Å². The normalized spacial score (nSPS) is 0. The van der Waals surface area contributed by atoms with E-state index in [1.54, 1.807) is 0 Å². The SMILES string of the molecule is P.[CaH2].[Cr].[Cu].[MgH2].[Mn]. The van der Waals surface area contributed by atoms with Crippen molar-refractivity contribution in [1.29, 1.82) is 0 Å². The molecule has 0 aromatic heterocycles. The van der Waals surface area contributed by atoms with E-state index < -0.39 is 0 Å². The van der Waals surface area contributed by atoms with Crippen LogP contribution in [-0.4, -0.2) is 60.8 Å². The third kappa shape index (κ3) is 24.4. The molecule has 0 aliphatic heterocycles. The van der Waals surface area contributed by atoms with Crippen LogP contribution in [0.4, 0.5) is 0 Å². The summed E-state index contributed by atoms with van der Waals surface area (Å²) < 4.78 is 0. The Morgan fingerprint density at radius 2 is 1.00 bits per heavy atom. The molecule has 0 aromatic rings. The molecule has 0 aliphatic carbocycles. The van der Waals surface area contributed by atoms with Gasteiger partial charge in [0, 0.05) is 51.5 Å². The largest absolute Gasteiger partial charge is 0.316 e. The van der Waals surface area contributed by atoms with Crippen LogP contribution in [0.2, 0.25) is 0 Å². The maximum atomic E-state index is 0. The van der Waals surface area contributed by atoms with E-state index in [2.05, 4.69) is 0 Å². The van der Waals surface area contributed by atoms with Gasteiger partial charge in [-0.05, 0) is 0 Å². The summed E-state index contributed by atoms with van der Waals surface area (Å²) in [5, 5.41) is 0. The van der Waals surface area contributed by atoms with Gasteiger partial charge in [-0.3, -0.25) is 0 Å². The Hall–Kier alpha value is 4.03. The molecular formula is H7CaCrCuMgMnP. The minimum Gasteiger partial charge on any atom is 0 e. The summed E-state index contributed by atoms with van der Waals surface area (Å²) in [6.07, 6.45) is 0. The molecule has 0 aliphatic rings. The average Bonchev–Trinajstić information content (AvgIpc) is 0. The van der Waals surface area contributed by atoms with Crippen LogP contribution in [-0.2, 0) is 51.5 Å². The zero-order chi connectivity index (χ0) is 0. The summed E-state index contributed by atoms with van der Waals surface area (Å²) in [6, 6.07) is 0. The Morgan fingerprint density at radius 1 is 1.00 bits per heavy atom. The number of hydrogen-bond acceptors (Lipinski definition) is 0. The van der Waals surface area contributed by atoms with E-state index in [4.69, 9.17) is 0 Å². The van der Waals surface area contributed by atoms with E-state index in [0.717, 1.165) is 0 Å². The zero-order valence-electron chi connectivity index (χ0n) is 1.79. The van der Waals surface area contributed by atoms with Crippen molar-refractivity contribution in [3.05, 3.63) is 0 Å². The van der Waals surface area contributed by atoms with E-state index in [9.17, 15) is 0 Å². The van der Waals surface area contributed by atoms with E-state index >= 15 is 0 Å². The van der Waals surface area contributed by atoms with Crippen molar-refractivity contribution < 1.29 is 51.5 Å². The second-order valence-corrected chi connectivity index (χ2v) is 0. The average molecular weight is 273 g/mol. The first-order valence-electron chi connectivity index (χ1n) is 0. The van der Waals surface area contributed by atoms with Gasteiger partial charge in [0.1, 0.15) is 0 Å². The molecule has 0 bridgehead atoms. The first kappa shape index (κ1) is 50.4. The maximum absolute atomic E-state index is 0. The molecule has 0 fully saturated rings. The van der Waals surface area contributed by atoms with Crippen LogP contribution in [0.15, 0.2) is 0 Å². The van der Waals surface area contributed by atoms with Gasteiger partial charge >= 0.3 is 60.8 Å². The Bertz CT molecular complexity index is 15.5. The molecule has 0 heterocycles. The standard InChI is InChI=1S/Ca.Cr.Cu.Mg.Mn.H3P.4H/h;;;;;1H3;;;;. The fourth-order valence-corrected chi connectivity index (χ4v) is 0. The smallest absolute Gasteiger partial charge is 0 e. The predicted molar refractivity (Wildman–Crippen MR) is 28.2 cm³/mol. The molecule has 0 aromatic carbocycles. The quantitative estimate of drug-likeness (QED) is 0.361. The third-order valence-electron chi connectivity index (χ3n) is 0. The minimum absolute atomic E-state index is 0. The predicted octanol–water partition coefficient (Wildman–Crippen LogP) is -1.78.